The van der Waals surface area contributed by atoms with Crippen LogP contribution in [0.25, 0.3) is 0 Å². The number of carbonyl (C=O) groups excluding carboxylic acids is 2. The molecule has 0 aliphatic rings. The second-order valence-corrected chi connectivity index (χ2v) is 4.83. The summed E-state index contributed by atoms with van der Waals surface area (Å²) in [5.41, 5.74) is 0.436. The molecule has 0 atom stereocenters. The van der Waals surface area contributed by atoms with Gasteiger partial charge in [0.15, 0.2) is 0 Å². The zero-order valence-electron chi connectivity index (χ0n) is 11.2. The van der Waals surface area contributed by atoms with Crippen molar-refractivity contribution >= 4 is 29.1 Å². The standard InChI is InChI=1S/C15H11ClF2N2O2/c16-10-3-1-2-9(6-10)8-19-14(21)15(22)20-13-5-4-11(17)7-12(13)18/h1-7H,8H2,(H,19,21)(H,20,22). The summed E-state index contributed by atoms with van der Waals surface area (Å²) in [6, 6.07) is 9.37. The molecule has 2 aromatic rings. The first-order valence-electron chi connectivity index (χ1n) is 6.24. The van der Waals surface area contributed by atoms with Crippen LogP contribution in [0.15, 0.2) is 42.5 Å². The maximum Gasteiger partial charge on any atom is 0.313 e. The van der Waals surface area contributed by atoms with Crippen LogP contribution in [0.5, 0.6) is 0 Å². The molecule has 2 amide bonds. The van der Waals surface area contributed by atoms with Crippen molar-refractivity contribution in [2.24, 2.45) is 0 Å². The predicted octanol–water partition coefficient (Wildman–Crippen LogP) is 2.87. The minimum atomic E-state index is -1.05. The maximum absolute atomic E-state index is 13.4. The summed E-state index contributed by atoms with van der Waals surface area (Å²) in [4.78, 5) is 23.3. The van der Waals surface area contributed by atoms with Crippen molar-refractivity contribution in [3.8, 4) is 0 Å². The minimum absolute atomic E-state index is 0.0959. The number of nitrogens with one attached hydrogen (secondary N) is 2. The molecule has 114 valence electrons. The Hall–Kier alpha value is -2.47. The van der Waals surface area contributed by atoms with Crippen molar-refractivity contribution in [1.82, 2.24) is 5.32 Å². The third kappa shape index (κ3) is 4.26. The second kappa shape index (κ2) is 7.00. The molecular formula is C15H11ClF2N2O2. The zero-order valence-corrected chi connectivity index (χ0v) is 12.0. The number of benzene rings is 2. The molecular weight excluding hydrogens is 314 g/mol. The molecule has 0 saturated carbocycles. The number of hydrogen-bond acceptors (Lipinski definition) is 2. The smallest absolute Gasteiger partial charge is 0.313 e. The van der Waals surface area contributed by atoms with Crippen molar-refractivity contribution in [3.63, 3.8) is 0 Å². The van der Waals surface area contributed by atoms with Crippen LogP contribution in [0.1, 0.15) is 5.56 Å². The Morgan fingerprint density at radius 3 is 2.50 bits per heavy atom. The molecule has 0 aliphatic carbocycles. The van der Waals surface area contributed by atoms with Gasteiger partial charge in [-0.3, -0.25) is 9.59 Å². The molecule has 0 saturated heterocycles. The van der Waals surface area contributed by atoms with Gasteiger partial charge in [0.25, 0.3) is 0 Å². The molecule has 0 radical (unpaired) electrons. The molecule has 0 fully saturated rings. The van der Waals surface area contributed by atoms with Crippen molar-refractivity contribution in [2.75, 3.05) is 5.32 Å². The number of hydrogen-bond donors (Lipinski definition) is 2. The Labute approximate surface area is 130 Å². The van der Waals surface area contributed by atoms with Gasteiger partial charge >= 0.3 is 11.8 Å². The Kier molecular flexibility index (Phi) is 5.06. The van der Waals surface area contributed by atoms with E-state index in [2.05, 4.69) is 10.6 Å². The number of carbonyl (C=O) groups is 2. The first-order chi connectivity index (χ1) is 10.5. The first kappa shape index (κ1) is 15.9. The van der Waals surface area contributed by atoms with Gasteiger partial charge in [-0.05, 0) is 29.8 Å². The van der Waals surface area contributed by atoms with Crippen molar-refractivity contribution < 1.29 is 18.4 Å². The van der Waals surface area contributed by atoms with Crippen LogP contribution < -0.4 is 10.6 Å². The second-order valence-electron chi connectivity index (χ2n) is 4.39. The summed E-state index contributed by atoms with van der Waals surface area (Å²) in [5.74, 6) is -3.73. The summed E-state index contributed by atoms with van der Waals surface area (Å²) in [6.07, 6.45) is 0. The van der Waals surface area contributed by atoms with Gasteiger partial charge in [0, 0.05) is 17.6 Å². The van der Waals surface area contributed by atoms with Gasteiger partial charge in [-0.1, -0.05) is 23.7 Å². The predicted molar refractivity (Wildman–Crippen MR) is 78.3 cm³/mol. The molecule has 0 aromatic heterocycles. The fraction of sp³-hybridized carbons (Fsp3) is 0.0667. The van der Waals surface area contributed by atoms with Crippen molar-refractivity contribution in [2.45, 2.75) is 6.54 Å². The molecule has 2 N–H and O–H groups in total. The van der Waals surface area contributed by atoms with Crippen LogP contribution in [-0.2, 0) is 16.1 Å². The van der Waals surface area contributed by atoms with Gasteiger partial charge in [0.1, 0.15) is 11.6 Å². The Morgan fingerprint density at radius 2 is 1.82 bits per heavy atom. The first-order valence-corrected chi connectivity index (χ1v) is 6.62. The highest BCUT2D eigenvalue weighted by molar-refractivity contribution is 6.39. The van der Waals surface area contributed by atoms with Gasteiger partial charge in [-0.15, -0.1) is 0 Å². The molecule has 2 aromatic carbocycles. The quantitative estimate of drug-likeness (QED) is 0.853. The molecule has 0 bridgehead atoms. The molecule has 0 heterocycles. The molecule has 0 spiro atoms. The third-order valence-corrected chi connectivity index (χ3v) is 2.96. The van der Waals surface area contributed by atoms with E-state index in [1.54, 1.807) is 24.3 Å². The van der Waals surface area contributed by atoms with E-state index in [1.165, 1.54) is 0 Å². The molecule has 4 nitrogen and oxygen atoms in total. The van der Waals surface area contributed by atoms with Crippen LogP contribution in [-0.4, -0.2) is 11.8 Å². The summed E-state index contributed by atoms with van der Waals surface area (Å²) in [6.45, 7) is 0.0959. The van der Waals surface area contributed by atoms with E-state index in [9.17, 15) is 18.4 Å². The average molecular weight is 325 g/mol. The van der Waals surface area contributed by atoms with Crippen LogP contribution in [0.4, 0.5) is 14.5 Å². The van der Waals surface area contributed by atoms with E-state index in [0.717, 1.165) is 12.1 Å². The van der Waals surface area contributed by atoms with Crippen LogP contribution >= 0.6 is 11.6 Å². The van der Waals surface area contributed by atoms with Gasteiger partial charge in [0.05, 0.1) is 5.69 Å². The normalized spacial score (nSPS) is 10.1. The van der Waals surface area contributed by atoms with E-state index in [1.807, 2.05) is 0 Å². The van der Waals surface area contributed by atoms with Crippen molar-refractivity contribution in [1.29, 1.82) is 0 Å². The summed E-state index contributed by atoms with van der Waals surface area (Å²) >= 11 is 5.80. The Morgan fingerprint density at radius 1 is 1.05 bits per heavy atom. The third-order valence-electron chi connectivity index (χ3n) is 2.73. The topological polar surface area (TPSA) is 58.2 Å². The van der Waals surface area contributed by atoms with Gasteiger partial charge < -0.3 is 10.6 Å². The van der Waals surface area contributed by atoms with E-state index >= 15 is 0 Å². The van der Waals surface area contributed by atoms with E-state index < -0.39 is 23.4 Å². The monoisotopic (exact) mass is 324 g/mol. The lowest BCUT2D eigenvalue weighted by Gasteiger charge is -2.07. The Bertz CT molecular complexity index is 722. The van der Waals surface area contributed by atoms with Gasteiger partial charge in [0.2, 0.25) is 0 Å². The maximum atomic E-state index is 13.4. The highest BCUT2D eigenvalue weighted by atomic mass is 35.5. The molecule has 7 heteroatoms. The molecule has 0 aliphatic heterocycles. The fourth-order valence-corrected chi connectivity index (χ4v) is 1.89. The van der Waals surface area contributed by atoms with Gasteiger partial charge in [-0.2, -0.15) is 0 Å². The lowest BCUT2D eigenvalue weighted by atomic mass is 10.2. The molecule has 22 heavy (non-hydrogen) atoms. The lowest BCUT2D eigenvalue weighted by molar-refractivity contribution is -0.136. The van der Waals surface area contributed by atoms with E-state index in [4.69, 9.17) is 11.6 Å². The largest absolute Gasteiger partial charge is 0.344 e. The summed E-state index contributed by atoms with van der Waals surface area (Å²) in [5, 5.41) is 4.94. The van der Waals surface area contributed by atoms with E-state index in [0.29, 0.717) is 16.7 Å². The molecule has 2 rings (SSSR count). The highest BCUT2D eigenvalue weighted by Gasteiger charge is 2.15. The van der Waals surface area contributed by atoms with E-state index in [-0.39, 0.29) is 12.2 Å². The number of anilines is 1. The van der Waals surface area contributed by atoms with Crippen molar-refractivity contribution in [3.05, 3.63) is 64.7 Å². The van der Waals surface area contributed by atoms with Gasteiger partial charge in [-0.25, -0.2) is 8.78 Å². The SMILES string of the molecule is O=C(NCc1cccc(Cl)c1)C(=O)Nc1ccc(F)cc1F. The van der Waals surface area contributed by atoms with Crippen LogP contribution in [0, 0.1) is 11.6 Å². The van der Waals surface area contributed by atoms with Crippen LogP contribution in [0.3, 0.4) is 0 Å². The number of rotatable bonds is 3. The average Bonchev–Trinajstić information content (AvgIpc) is 2.47. The summed E-state index contributed by atoms with van der Waals surface area (Å²) in [7, 11) is 0. The van der Waals surface area contributed by atoms with Crippen LogP contribution in [0.2, 0.25) is 5.02 Å². The highest BCUT2D eigenvalue weighted by Crippen LogP contribution is 2.14. The number of amides is 2. The molecule has 0 unspecified atom stereocenters. The summed E-state index contributed by atoms with van der Waals surface area (Å²) < 4.78 is 26.1. The lowest BCUT2D eigenvalue weighted by Crippen LogP contribution is -2.35. The fourth-order valence-electron chi connectivity index (χ4n) is 1.68. The number of halogens is 3. The minimum Gasteiger partial charge on any atom is -0.344 e. The zero-order chi connectivity index (χ0) is 16.1. The Balaban J connectivity index is 1.93.